The maximum Gasteiger partial charge on any atom is 0.334 e. The molecule has 1 atom stereocenters. The second kappa shape index (κ2) is 4.97. The average molecular weight is 300 g/mol. The first-order valence-corrected chi connectivity index (χ1v) is 5.92. The number of carboxylic acids is 1. The van der Waals surface area contributed by atoms with Gasteiger partial charge in [-0.05, 0) is 18.4 Å². The molecule has 4 amide bonds. The second-order valence-electron chi connectivity index (χ2n) is 4.18. The minimum atomic E-state index is -1.39. The van der Waals surface area contributed by atoms with Crippen molar-refractivity contribution in [1.82, 2.24) is 15.1 Å². The van der Waals surface area contributed by atoms with Crippen LogP contribution < -0.4 is 5.32 Å². The Morgan fingerprint density at radius 1 is 1.25 bits per heavy atom. The number of hydrogen-bond donors (Lipinski definition) is 2. The smallest absolute Gasteiger partial charge is 0.334 e. The quantitative estimate of drug-likeness (QED) is 0.313. The monoisotopic (exact) mass is 299 g/mol. The molecule has 2 aliphatic heterocycles. The normalized spacial score (nSPS) is 25.4. The number of urea groups is 1. The molecule has 20 heavy (non-hydrogen) atoms. The molecule has 2 aliphatic rings. The van der Waals surface area contributed by atoms with E-state index in [1.807, 2.05) is 0 Å². The fourth-order valence-corrected chi connectivity index (χ4v) is 2.05. The van der Waals surface area contributed by atoms with Crippen LogP contribution in [0.5, 0.6) is 0 Å². The predicted molar refractivity (Wildman–Crippen MR) is 66.5 cm³/mol. The molecule has 2 rings (SSSR count). The van der Waals surface area contributed by atoms with Crippen LogP contribution in [0, 0.1) is 0 Å². The Hall–Kier alpha value is -2.35. The Kier molecular flexibility index (Phi) is 3.49. The molecular weight excluding hydrogens is 290 g/mol. The number of halogens is 1. The van der Waals surface area contributed by atoms with Crippen molar-refractivity contribution in [2.75, 3.05) is 13.1 Å². The third kappa shape index (κ3) is 2.50. The summed E-state index contributed by atoms with van der Waals surface area (Å²) in [5.41, 5.74) is 0. The molecule has 0 spiro atoms. The van der Waals surface area contributed by atoms with Gasteiger partial charge in [-0.1, -0.05) is 17.7 Å². The number of carboxylic acid groups (broad SMARTS) is 1. The number of aliphatic carboxylic acids is 1. The van der Waals surface area contributed by atoms with E-state index >= 15 is 0 Å². The van der Waals surface area contributed by atoms with Gasteiger partial charge in [-0.3, -0.25) is 19.3 Å². The maximum atomic E-state index is 11.9. The zero-order valence-corrected chi connectivity index (χ0v) is 10.8. The van der Waals surface area contributed by atoms with Gasteiger partial charge in [0.2, 0.25) is 0 Å². The summed E-state index contributed by atoms with van der Waals surface area (Å²) in [6.07, 6.45) is 6.32. The summed E-state index contributed by atoms with van der Waals surface area (Å²) >= 11 is 6.15. The topological polar surface area (TPSA) is 107 Å². The van der Waals surface area contributed by atoms with E-state index < -0.39 is 35.4 Å². The fourth-order valence-electron chi connectivity index (χ4n) is 1.79. The summed E-state index contributed by atoms with van der Waals surface area (Å²) in [5.74, 6) is -3.66. The molecule has 0 aromatic rings. The van der Waals surface area contributed by atoms with Crippen molar-refractivity contribution in [2.24, 2.45) is 0 Å². The third-order valence-electron chi connectivity index (χ3n) is 2.71. The Morgan fingerprint density at radius 3 is 2.45 bits per heavy atom. The number of nitrogens with one attached hydrogen (secondary N) is 1. The van der Waals surface area contributed by atoms with Gasteiger partial charge in [-0.2, -0.15) is 0 Å². The lowest BCUT2D eigenvalue weighted by Crippen LogP contribution is -2.49. The molecule has 1 saturated heterocycles. The number of dihydropyridines is 1. The van der Waals surface area contributed by atoms with Crippen LogP contribution in [-0.4, -0.2) is 56.8 Å². The minimum Gasteiger partial charge on any atom is -0.480 e. The number of carbonyl (C=O) groups excluding carboxylic acids is 3. The molecule has 0 bridgehead atoms. The Bertz CT molecular complexity index is 558. The van der Waals surface area contributed by atoms with E-state index in [1.165, 1.54) is 12.3 Å². The number of amides is 4. The van der Waals surface area contributed by atoms with Gasteiger partial charge in [0.05, 0.1) is 6.54 Å². The highest BCUT2D eigenvalue weighted by atomic mass is 35.5. The molecule has 0 aromatic carbocycles. The van der Waals surface area contributed by atoms with E-state index in [0.717, 1.165) is 0 Å². The summed E-state index contributed by atoms with van der Waals surface area (Å²) in [6.45, 7) is -1.16. The van der Waals surface area contributed by atoms with Gasteiger partial charge >= 0.3 is 23.8 Å². The molecule has 0 aliphatic carbocycles. The summed E-state index contributed by atoms with van der Waals surface area (Å²) in [7, 11) is 0. The number of nitrogens with zero attached hydrogens (tertiary/aromatic N) is 2. The zero-order chi connectivity index (χ0) is 14.9. The van der Waals surface area contributed by atoms with Crippen LogP contribution in [0.1, 0.15) is 0 Å². The van der Waals surface area contributed by atoms with Crippen LogP contribution in [0.2, 0.25) is 0 Å². The maximum absolute atomic E-state index is 11.9. The van der Waals surface area contributed by atoms with Crippen LogP contribution in [0.4, 0.5) is 4.79 Å². The van der Waals surface area contributed by atoms with Crippen LogP contribution in [0.25, 0.3) is 0 Å². The first kappa shape index (κ1) is 14.1. The number of hydrogen-bond acceptors (Lipinski definition) is 5. The zero-order valence-electron chi connectivity index (χ0n) is 10.1. The lowest BCUT2D eigenvalue weighted by Gasteiger charge is -2.29. The standard InChI is InChI=1S/C11H10ClN3O5/c12-11(3-1-2-4-13-11)6-15-9(19)8(18)14(10(15)20)5-7(16)17/h1-4,13H,5-6H2,(H,16,17). The third-order valence-corrected chi connectivity index (χ3v) is 3.06. The van der Waals surface area contributed by atoms with Crippen molar-refractivity contribution in [2.45, 2.75) is 5.00 Å². The molecule has 0 radical (unpaired) electrons. The lowest BCUT2D eigenvalue weighted by molar-refractivity contribution is -0.146. The van der Waals surface area contributed by atoms with Crippen molar-refractivity contribution >= 4 is 35.4 Å². The van der Waals surface area contributed by atoms with E-state index in [4.69, 9.17) is 16.7 Å². The second-order valence-corrected chi connectivity index (χ2v) is 4.86. The molecular formula is C11H10ClN3O5. The first-order valence-electron chi connectivity index (χ1n) is 5.54. The van der Waals surface area contributed by atoms with Gasteiger partial charge < -0.3 is 10.4 Å². The van der Waals surface area contributed by atoms with Crippen molar-refractivity contribution < 1.29 is 24.3 Å². The SMILES string of the molecule is O=C(O)CN1C(=O)C(=O)N(CC2(Cl)C=CC=CN2)C1=O. The molecule has 106 valence electrons. The summed E-state index contributed by atoms with van der Waals surface area (Å²) in [6, 6.07) is -0.993. The van der Waals surface area contributed by atoms with Gasteiger partial charge in [-0.15, -0.1) is 0 Å². The highest BCUT2D eigenvalue weighted by molar-refractivity contribution is 6.45. The van der Waals surface area contributed by atoms with Crippen molar-refractivity contribution in [3.63, 3.8) is 0 Å². The molecule has 1 fully saturated rings. The number of rotatable bonds is 4. The molecule has 0 aromatic heterocycles. The number of carbonyl (C=O) groups is 4. The van der Waals surface area contributed by atoms with Crippen LogP contribution >= 0.6 is 11.6 Å². The average Bonchev–Trinajstić information content (AvgIpc) is 2.57. The first-order chi connectivity index (χ1) is 9.34. The fraction of sp³-hybridized carbons (Fsp3) is 0.273. The molecule has 1 unspecified atom stereocenters. The van der Waals surface area contributed by atoms with Gasteiger partial charge in [0.25, 0.3) is 0 Å². The number of imide groups is 2. The highest BCUT2D eigenvalue weighted by Gasteiger charge is 2.47. The Balaban J connectivity index is 2.16. The lowest BCUT2D eigenvalue weighted by atomic mass is 10.2. The predicted octanol–water partition coefficient (Wildman–Crippen LogP) is -0.530. The van der Waals surface area contributed by atoms with E-state index in [-0.39, 0.29) is 6.54 Å². The number of allylic oxidation sites excluding steroid dienone is 2. The van der Waals surface area contributed by atoms with Crippen molar-refractivity contribution in [1.29, 1.82) is 0 Å². The number of alkyl halides is 1. The largest absolute Gasteiger partial charge is 0.480 e. The molecule has 2 N–H and O–H groups in total. The van der Waals surface area contributed by atoms with E-state index in [9.17, 15) is 19.2 Å². The summed E-state index contributed by atoms with van der Waals surface area (Å²) < 4.78 is 0. The van der Waals surface area contributed by atoms with Crippen LogP contribution in [-0.2, 0) is 14.4 Å². The van der Waals surface area contributed by atoms with Crippen LogP contribution in [0.3, 0.4) is 0 Å². The van der Waals surface area contributed by atoms with Gasteiger partial charge in [-0.25, -0.2) is 9.69 Å². The van der Waals surface area contributed by atoms with Gasteiger partial charge in [0, 0.05) is 0 Å². The van der Waals surface area contributed by atoms with Crippen molar-refractivity contribution in [3.05, 3.63) is 24.4 Å². The highest BCUT2D eigenvalue weighted by Crippen LogP contribution is 2.22. The van der Waals surface area contributed by atoms with Gasteiger partial charge in [0.15, 0.2) is 0 Å². The van der Waals surface area contributed by atoms with Crippen LogP contribution in [0.15, 0.2) is 24.4 Å². The Labute approximate surface area is 118 Å². The van der Waals surface area contributed by atoms with Crippen molar-refractivity contribution in [3.8, 4) is 0 Å². The molecule has 8 nitrogen and oxygen atoms in total. The Morgan fingerprint density at radius 2 is 1.90 bits per heavy atom. The van der Waals surface area contributed by atoms with E-state index in [1.54, 1.807) is 12.2 Å². The van der Waals surface area contributed by atoms with E-state index in [2.05, 4.69) is 5.32 Å². The summed E-state index contributed by atoms with van der Waals surface area (Å²) in [5, 5.41) is 11.4. The molecule has 0 saturated carbocycles. The summed E-state index contributed by atoms with van der Waals surface area (Å²) in [4.78, 5) is 45.5. The molecule has 2 heterocycles. The molecule has 9 heteroatoms. The minimum absolute atomic E-state index is 0.297. The van der Waals surface area contributed by atoms with Gasteiger partial charge in [0.1, 0.15) is 11.5 Å². The van der Waals surface area contributed by atoms with E-state index in [0.29, 0.717) is 9.80 Å².